The van der Waals surface area contributed by atoms with E-state index in [1.165, 1.54) is 6.07 Å². The van der Waals surface area contributed by atoms with Crippen LogP contribution in [0.1, 0.15) is 31.4 Å². The first-order chi connectivity index (χ1) is 11.5. The Balaban J connectivity index is 2.24. The van der Waals surface area contributed by atoms with Crippen LogP contribution in [0.25, 0.3) is 0 Å². The highest BCUT2D eigenvalue weighted by Gasteiger charge is 2.21. The average Bonchev–Trinajstić information content (AvgIpc) is 2.57. The van der Waals surface area contributed by atoms with Crippen LogP contribution in [0, 0.1) is 11.6 Å². The maximum atomic E-state index is 14.7. The Morgan fingerprint density at radius 2 is 1.92 bits per heavy atom. The smallest absolute Gasteiger partial charge is 0.304 e. The first-order valence-electron chi connectivity index (χ1n) is 7.69. The monoisotopic (exact) mass is 335 g/mol. The quantitative estimate of drug-likeness (QED) is 0.756. The topological polar surface area (TPSA) is 58.6 Å². The molecule has 0 spiro atoms. The number of carboxylic acid groups (broad SMARTS) is 1. The number of aliphatic carboxylic acids is 1. The lowest BCUT2D eigenvalue weighted by atomic mass is 10.0. The predicted molar refractivity (Wildman–Crippen MR) is 86.2 cm³/mol. The van der Waals surface area contributed by atoms with E-state index in [4.69, 9.17) is 9.84 Å². The van der Waals surface area contributed by atoms with Crippen LogP contribution in [0.15, 0.2) is 42.5 Å². The van der Waals surface area contributed by atoms with Crippen molar-refractivity contribution in [3.8, 4) is 11.5 Å². The molecule has 0 aliphatic heterocycles. The first kappa shape index (κ1) is 17.9. The van der Waals surface area contributed by atoms with Gasteiger partial charge in [0.2, 0.25) is 0 Å². The summed E-state index contributed by atoms with van der Waals surface area (Å²) in [5.41, 5.74) is 0.246. The molecule has 0 amide bonds. The van der Waals surface area contributed by atoms with Crippen molar-refractivity contribution in [1.29, 1.82) is 0 Å². The van der Waals surface area contributed by atoms with Gasteiger partial charge in [-0.3, -0.25) is 4.79 Å². The summed E-state index contributed by atoms with van der Waals surface area (Å²) in [5, 5.41) is 11.7. The van der Waals surface area contributed by atoms with E-state index in [2.05, 4.69) is 5.32 Å². The summed E-state index contributed by atoms with van der Waals surface area (Å²) in [5.74, 6) is -2.64. The van der Waals surface area contributed by atoms with Gasteiger partial charge in [0.15, 0.2) is 17.4 Å². The summed E-state index contributed by atoms with van der Waals surface area (Å²) in [4.78, 5) is 10.6. The van der Waals surface area contributed by atoms with Crippen molar-refractivity contribution in [2.45, 2.75) is 25.8 Å². The molecular weight excluding hydrogens is 316 g/mol. The molecule has 6 heteroatoms. The Labute approximate surface area is 139 Å². The largest absolute Gasteiger partial charge is 0.481 e. The first-order valence-corrected chi connectivity index (χ1v) is 7.69. The number of para-hydroxylation sites is 1. The second-order valence-corrected chi connectivity index (χ2v) is 5.25. The summed E-state index contributed by atoms with van der Waals surface area (Å²) >= 11 is 0. The minimum Gasteiger partial charge on any atom is -0.481 e. The molecule has 0 aliphatic rings. The molecule has 0 radical (unpaired) electrons. The number of nitrogens with one attached hydrogen (secondary N) is 1. The van der Waals surface area contributed by atoms with Crippen molar-refractivity contribution in [3.63, 3.8) is 0 Å². The maximum absolute atomic E-state index is 14.7. The number of hydrogen-bond donors (Lipinski definition) is 2. The molecule has 0 saturated heterocycles. The fraction of sp³-hybridized carbons (Fsp3) is 0.278. The van der Waals surface area contributed by atoms with Crippen molar-refractivity contribution in [3.05, 3.63) is 59.7 Å². The van der Waals surface area contributed by atoms with Crippen molar-refractivity contribution < 1.29 is 23.4 Å². The number of benzene rings is 2. The molecule has 1 atom stereocenters. The standard InChI is InChI=1S/C18H19F2NO3/c1-2-15(21-11-10-16(22)23)13-8-9-14(19)18(17(13)20)24-12-6-4-3-5-7-12/h3-9,15,21H,2,10-11H2,1H3,(H,22,23)/t15-/m1/s1. The fourth-order valence-corrected chi connectivity index (χ4v) is 2.34. The van der Waals surface area contributed by atoms with Crippen LogP contribution in [0.2, 0.25) is 0 Å². The molecule has 4 nitrogen and oxygen atoms in total. The molecule has 24 heavy (non-hydrogen) atoms. The lowest BCUT2D eigenvalue weighted by molar-refractivity contribution is -0.136. The van der Waals surface area contributed by atoms with Crippen LogP contribution in [-0.2, 0) is 4.79 Å². The lowest BCUT2D eigenvalue weighted by Gasteiger charge is -2.19. The van der Waals surface area contributed by atoms with Crippen LogP contribution >= 0.6 is 0 Å². The molecule has 0 heterocycles. The number of rotatable bonds is 8. The second-order valence-electron chi connectivity index (χ2n) is 5.25. The van der Waals surface area contributed by atoms with Crippen LogP contribution < -0.4 is 10.1 Å². The van der Waals surface area contributed by atoms with E-state index in [0.29, 0.717) is 12.2 Å². The van der Waals surface area contributed by atoms with E-state index < -0.39 is 29.4 Å². The Hall–Kier alpha value is -2.47. The van der Waals surface area contributed by atoms with E-state index in [9.17, 15) is 13.6 Å². The van der Waals surface area contributed by atoms with Crippen LogP contribution in [0.4, 0.5) is 8.78 Å². The number of carbonyl (C=O) groups is 1. The molecule has 2 aromatic carbocycles. The van der Waals surface area contributed by atoms with Gasteiger partial charge in [-0.05, 0) is 24.6 Å². The molecule has 0 aliphatic carbocycles. The molecule has 2 rings (SSSR count). The van der Waals surface area contributed by atoms with Gasteiger partial charge in [0, 0.05) is 18.2 Å². The Morgan fingerprint density at radius 1 is 1.21 bits per heavy atom. The number of hydrogen-bond acceptors (Lipinski definition) is 3. The van der Waals surface area contributed by atoms with Gasteiger partial charge in [-0.15, -0.1) is 0 Å². The summed E-state index contributed by atoms with van der Waals surface area (Å²) < 4.78 is 34.0. The highest BCUT2D eigenvalue weighted by molar-refractivity contribution is 5.66. The summed E-state index contributed by atoms with van der Waals surface area (Å²) in [7, 11) is 0. The maximum Gasteiger partial charge on any atom is 0.304 e. The highest BCUT2D eigenvalue weighted by atomic mass is 19.1. The van der Waals surface area contributed by atoms with E-state index in [1.54, 1.807) is 30.3 Å². The molecule has 0 bridgehead atoms. The van der Waals surface area contributed by atoms with Gasteiger partial charge in [0.1, 0.15) is 5.75 Å². The van der Waals surface area contributed by atoms with Gasteiger partial charge >= 0.3 is 5.97 Å². The van der Waals surface area contributed by atoms with E-state index in [-0.39, 0.29) is 18.5 Å². The summed E-state index contributed by atoms with van der Waals surface area (Å²) in [6.07, 6.45) is 0.444. The van der Waals surface area contributed by atoms with Gasteiger partial charge in [0.25, 0.3) is 0 Å². The Morgan fingerprint density at radius 3 is 2.54 bits per heavy atom. The minimum absolute atomic E-state index is 0.0767. The molecule has 0 aromatic heterocycles. The van der Waals surface area contributed by atoms with E-state index >= 15 is 0 Å². The van der Waals surface area contributed by atoms with Gasteiger partial charge < -0.3 is 15.2 Å². The second kappa shape index (κ2) is 8.40. The number of carboxylic acids is 1. The van der Waals surface area contributed by atoms with Gasteiger partial charge in [-0.2, -0.15) is 0 Å². The zero-order valence-corrected chi connectivity index (χ0v) is 13.3. The molecule has 0 unspecified atom stereocenters. The van der Waals surface area contributed by atoms with Gasteiger partial charge in [0.05, 0.1) is 6.42 Å². The zero-order valence-electron chi connectivity index (χ0n) is 13.3. The van der Waals surface area contributed by atoms with E-state index in [1.807, 2.05) is 6.92 Å². The van der Waals surface area contributed by atoms with Crippen molar-refractivity contribution in [2.24, 2.45) is 0 Å². The molecule has 128 valence electrons. The third-order valence-corrected chi connectivity index (χ3v) is 3.56. The summed E-state index contributed by atoms with van der Waals surface area (Å²) in [6, 6.07) is 10.5. The average molecular weight is 335 g/mol. The minimum atomic E-state index is -0.940. The third kappa shape index (κ3) is 4.52. The van der Waals surface area contributed by atoms with Gasteiger partial charge in [-0.25, -0.2) is 8.78 Å². The Bertz CT molecular complexity index is 692. The Kier molecular flexibility index (Phi) is 6.26. The third-order valence-electron chi connectivity index (χ3n) is 3.56. The highest BCUT2D eigenvalue weighted by Crippen LogP contribution is 2.32. The van der Waals surface area contributed by atoms with Crippen LogP contribution in [0.5, 0.6) is 11.5 Å². The molecule has 2 aromatic rings. The SMILES string of the molecule is CC[C@@H](NCCC(=O)O)c1ccc(F)c(Oc2ccccc2)c1F. The molecular formula is C18H19F2NO3. The molecule has 0 fully saturated rings. The van der Waals surface area contributed by atoms with Crippen molar-refractivity contribution in [1.82, 2.24) is 5.32 Å². The fourth-order valence-electron chi connectivity index (χ4n) is 2.34. The van der Waals surface area contributed by atoms with E-state index in [0.717, 1.165) is 6.07 Å². The zero-order chi connectivity index (χ0) is 17.5. The summed E-state index contributed by atoms with van der Waals surface area (Å²) in [6.45, 7) is 2.03. The number of halogens is 2. The lowest BCUT2D eigenvalue weighted by Crippen LogP contribution is -2.24. The van der Waals surface area contributed by atoms with Crippen LogP contribution in [-0.4, -0.2) is 17.6 Å². The van der Waals surface area contributed by atoms with Crippen molar-refractivity contribution in [2.75, 3.05) is 6.54 Å². The molecule has 0 saturated carbocycles. The normalized spacial score (nSPS) is 12.0. The van der Waals surface area contributed by atoms with Crippen LogP contribution in [0.3, 0.4) is 0 Å². The predicted octanol–water partition coefficient (Wildman–Crippen LogP) is 4.27. The van der Waals surface area contributed by atoms with Gasteiger partial charge in [-0.1, -0.05) is 31.2 Å². The molecule has 2 N–H and O–H groups in total. The number of ether oxygens (including phenoxy) is 1. The van der Waals surface area contributed by atoms with Crippen molar-refractivity contribution >= 4 is 5.97 Å².